The molecule has 5 nitrogen and oxygen atoms in total. The van der Waals surface area contributed by atoms with Crippen LogP contribution in [0.1, 0.15) is 11.3 Å². The molecule has 2 N–H and O–H groups in total. The molecule has 0 aliphatic heterocycles. The van der Waals surface area contributed by atoms with Gasteiger partial charge < -0.3 is 19.8 Å². The Bertz CT molecular complexity index is 521. The molecule has 0 spiro atoms. The highest BCUT2D eigenvalue weighted by Crippen LogP contribution is 2.11. The minimum absolute atomic E-state index is 0.00785. The fourth-order valence-corrected chi connectivity index (χ4v) is 1.71. The van der Waals surface area contributed by atoms with E-state index in [1.54, 1.807) is 12.3 Å². The average molecular weight is 274 g/mol. The lowest BCUT2D eigenvalue weighted by atomic mass is 10.2. The quantitative estimate of drug-likeness (QED) is 0.806. The normalized spacial score (nSPS) is 10.2. The summed E-state index contributed by atoms with van der Waals surface area (Å²) in [5, 5.41) is 5.79. The first-order chi connectivity index (χ1) is 9.78. The minimum Gasteiger partial charge on any atom is -0.484 e. The number of rotatable bonds is 7. The first-order valence-corrected chi connectivity index (χ1v) is 6.43. The Morgan fingerprint density at radius 3 is 2.65 bits per heavy atom. The number of ether oxygens (including phenoxy) is 1. The van der Waals surface area contributed by atoms with E-state index in [1.165, 1.54) is 5.56 Å². The van der Waals surface area contributed by atoms with E-state index in [0.29, 0.717) is 12.3 Å². The second-order valence-corrected chi connectivity index (χ2v) is 4.32. The SMILES string of the molecule is CNCc1ccc(OCC(=O)NCc2ccco2)cc1. The van der Waals surface area contributed by atoms with Crippen molar-refractivity contribution in [2.24, 2.45) is 0 Å². The van der Waals surface area contributed by atoms with Crippen molar-refractivity contribution in [1.29, 1.82) is 0 Å². The van der Waals surface area contributed by atoms with Crippen LogP contribution < -0.4 is 15.4 Å². The van der Waals surface area contributed by atoms with Gasteiger partial charge in [-0.3, -0.25) is 4.79 Å². The van der Waals surface area contributed by atoms with Gasteiger partial charge in [-0.15, -0.1) is 0 Å². The number of hydrogen-bond acceptors (Lipinski definition) is 4. The third kappa shape index (κ3) is 4.44. The molecule has 0 unspecified atom stereocenters. The van der Waals surface area contributed by atoms with E-state index in [1.807, 2.05) is 37.4 Å². The molecule has 1 aromatic heterocycles. The zero-order valence-corrected chi connectivity index (χ0v) is 11.4. The predicted octanol–water partition coefficient (Wildman–Crippen LogP) is 1.69. The molecule has 2 aromatic rings. The second-order valence-electron chi connectivity index (χ2n) is 4.32. The Kier molecular flexibility index (Phi) is 5.20. The Morgan fingerprint density at radius 1 is 1.20 bits per heavy atom. The molecule has 20 heavy (non-hydrogen) atoms. The van der Waals surface area contributed by atoms with Crippen molar-refractivity contribution in [2.75, 3.05) is 13.7 Å². The largest absolute Gasteiger partial charge is 0.484 e. The molecule has 0 aliphatic rings. The van der Waals surface area contributed by atoms with Crippen molar-refractivity contribution in [3.8, 4) is 5.75 Å². The van der Waals surface area contributed by atoms with Crippen molar-refractivity contribution in [2.45, 2.75) is 13.1 Å². The van der Waals surface area contributed by atoms with Crippen molar-refractivity contribution < 1.29 is 13.9 Å². The van der Waals surface area contributed by atoms with Crippen LogP contribution in [-0.4, -0.2) is 19.6 Å². The van der Waals surface area contributed by atoms with Crippen LogP contribution in [0.4, 0.5) is 0 Å². The summed E-state index contributed by atoms with van der Waals surface area (Å²) in [6.45, 7) is 1.17. The van der Waals surface area contributed by atoms with Crippen LogP contribution in [0.2, 0.25) is 0 Å². The van der Waals surface area contributed by atoms with Crippen LogP contribution in [0.15, 0.2) is 47.1 Å². The molecule has 1 heterocycles. The summed E-state index contributed by atoms with van der Waals surface area (Å²) in [7, 11) is 1.90. The first-order valence-electron chi connectivity index (χ1n) is 6.43. The van der Waals surface area contributed by atoms with Gasteiger partial charge >= 0.3 is 0 Å². The smallest absolute Gasteiger partial charge is 0.258 e. The van der Waals surface area contributed by atoms with E-state index in [4.69, 9.17) is 9.15 Å². The number of carbonyl (C=O) groups excluding carboxylic acids is 1. The Hall–Kier alpha value is -2.27. The topological polar surface area (TPSA) is 63.5 Å². The van der Waals surface area contributed by atoms with Gasteiger partial charge in [0.15, 0.2) is 6.61 Å². The third-order valence-corrected chi connectivity index (χ3v) is 2.71. The van der Waals surface area contributed by atoms with Crippen molar-refractivity contribution in [1.82, 2.24) is 10.6 Å². The monoisotopic (exact) mass is 274 g/mol. The molecule has 0 aliphatic carbocycles. The summed E-state index contributed by atoms with van der Waals surface area (Å²) >= 11 is 0. The molecular formula is C15H18N2O3. The van der Waals surface area contributed by atoms with Gasteiger partial charge in [0.2, 0.25) is 0 Å². The summed E-state index contributed by atoms with van der Waals surface area (Å²) in [6.07, 6.45) is 1.57. The third-order valence-electron chi connectivity index (χ3n) is 2.71. The molecule has 5 heteroatoms. The average Bonchev–Trinajstić information content (AvgIpc) is 2.98. The van der Waals surface area contributed by atoms with E-state index in [2.05, 4.69) is 10.6 Å². The summed E-state index contributed by atoms with van der Waals surface area (Å²) in [5.41, 5.74) is 1.17. The van der Waals surface area contributed by atoms with Crippen LogP contribution in [0.5, 0.6) is 5.75 Å². The highest BCUT2D eigenvalue weighted by Gasteiger charge is 2.04. The molecular weight excluding hydrogens is 256 g/mol. The summed E-state index contributed by atoms with van der Waals surface area (Å²) in [4.78, 5) is 11.6. The van der Waals surface area contributed by atoms with Gasteiger partial charge in [0.1, 0.15) is 11.5 Å². The predicted molar refractivity (Wildman–Crippen MR) is 75.3 cm³/mol. The maximum absolute atomic E-state index is 11.6. The van der Waals surface area contributed by atoms with Gasteiger partial charge in [0.05, 0.1) is 12.8 Å². The lowest BCUT2D eigenvalue weighted by Crippen LogP contribution is -2.28. The standard InChI is InChI=1S/C15H18N2O3/c1-16-9-12-4-6-13(7-5-12)20-11-15(18)17-10-14-3-2-8-19-14/h2-8,16H,9-11H2,1H3,(H,17,18). The summed E-state index contributed by atoms with van der Waals surface area (Å²) < 4.78 is 10.5. The van der Waals surface area contributed by atoms with Crippen molar-refractivity contribution in [3.63, 3.8) is 0 Å². The summed E-state index contributed by atoms with van der Waals surface area (Å²) in [6, 6.07) is 11.2. The summed E-state index contributed by atoms with van der Waals surface area (Å²) in [5.74, 6) is 1.22. The highest BCUT2D eigenvalue weighted by molar-refractivity contribution is 5.77. The van der Waals surface area contributed by atoms with Crippen LogP contribution in [0, 0.1) is 0 Å². The van der Waals surface area contributed by atoms with Gasteiger partial charge in [-0.1, -0.05) is 12.1 Å². The lowest BCUT2D eigenvalue weighted by Gasteiger charge is -2.07. The number of amides is 1. The van der Waals surface area contributed by atoms with Crippen LogP contribution in [0.25, 0.3) is 0 Å². The van der Waals surface area contributed by atoms with Gasteiger partial charge in [0.25, 0.3) is 5.91 Å². The Balaban J connectivity index is 1.72. The molecule has 0 saturated carbocycles. The van der Waals surface area contributed by atoms with Gasteiger partial charge in [-0.25, -0.2) is 0 Å². The molecule has 1 aromatic carbocycles. The number of hydrogen-bond donors (Lipinski definition) is 2. The van der Waals surface area contributed by atoms with Crippen molar-refractivity contribution in [3.05, 3.63) is 54.0 Å². The first kappa shape index (κ1) is 14.1. The van der Waals surface area contributed by atoms with E-state index < -0.39 is 0 Å². The number of nitrogens with one attached hydrogen (secondary N) is 2. The van der Waals surface area contributed by atoms with E-state index in [9.17, 15) is 4.79 Å². The number of benzene rings is 1. The van der Waals surface area contributed by atoms with Crippen LogP contribution in [-0.2, 0) is 17.9 Å². The van der Waals surface area contributed by atoms with Gasteiger partial charge in [0, 0.05) is 6.54 Å². The van der Waals surface area contributed by atoms with Crippen molar-refractivity contribution >= 4 is 5.91 Å². The van der Waals surface area contributed by atoms with E-state index in [0.717, 1.165) is 12.3 Å². The van der Waals surface area contributed by atoms with Crippen LogP contribution >= 0.6 is 0 Å². The fraction of sp³-hybridized carbons (Fsp3) is 0.267. The second kappa shape index (κ2) is 7.35. The lowest BCUT2D eigenvalue weighted by molar-refractivity contribution is -0.123. The molecule has 1 amide bonds. The molecule has 0 saturated heterocycles. The highest BCUT2D eigenvalue weighted by atomic mass is 16.5. The molecule has 0 atom stereocenters. The van der Waals surface area contributed by atoms with Gasteiger partial charge in [-0.2, -0.15) is 0 Å². The fourth-order valence-electron chi connectivity index (χ4n) is 1.71. The zero-order chi connectivity index (χ0) is 14.2. The molecule has 0 radical (unpaired) electrons. The minimum atomic E-state index is -0.180. The number of carbonyl (C=O) groups is 1. The molecule has 2 rings (SSSR count). The zero-order valence-electron chi connectivity index (χ0n) is 11.4. The molecule has 106 valence electrons. The van der Waals surface area contributed by atoms with Crippen LogP contribution in [0.3, 0.4) is 0 Å². The Labute approximate surface area is 117 Å². The maximum atomic E-state index is 11.6. The molecule has 0 bridgehead atoms. The Morgan fingerprint density at radius 2 is 2.00 bits per heavy atom. The van der Waals surface area contributed by atoms with Gasteiger partial charge in [-0.05, 0) is 36.9 Å². The van der Waals surface area contributed by atoms with E-state index >= 15 is 0 Å². The number of furan rings is 1. The van der Waals surface area contributed by atoms with E-state index in [-0.39, 0.29) is 12.5 Å². The maximum Gasteiger partial charge on any atom is 0.258 e. The molecule has 0 fully saturated rings.